The average Bonchev–Trinajstić information content (AvgIpc) is 2.97. The molecule has 0 aliphatic rings. The minimum atomic E-state index is -3.68. The number of aromatic nitrogens is 1. The molecule has 6 nitrogen and oxygen atoms in total. The maximum atomic E-state index is 12.8. The molecule has 1 amide bonds. The lowest BCUT2D eigenvalue weighted by Gasteiger charge is -2.19. The van der Waals surface area contributed by atoms with Crippen LogP contribution in [0.25, 0.3) is 10.9 Å². The van der Waals surface area contributed by atoms with E-state index in [4.69, 9.17) is 4.74 Å². The Balaban J connectivity index is 1.92. The van der Waals surface area contributed by atoms with Crippen molar-refractivity contribution in [1.82, 2.24) is 3.97 Å². The predicted octanol–water partition coefficient (Wildman–Crippen LogP) is 4.23. The van der Waals surface area contributed by atoms with Gasteiger partial charge in [0.15, 0.2) is 0 Å². The largest absolute Gasteiger partial charge is 0.444 e. The summed E-state index contributed by atoms with van der Waals surface area (Å²) in [6.45, 7) is 5.35. The van der Waals surface area contributed by atoms with Crippen molar-refractivity contribution in [2.24, 2.45) is 0 Å². The third-order valence-corrected chi connectivity index (χ3v) is 5.30. The molecular weight excluding hydrogens is 352 g/mol. The highest BCUT2D eigenvalue weighted by Gasteiger charge is 2.19. The van der Waals surface area contributed by atoms with Gasteiger partial charge in [0.2, 0.25) is 0 Å². The number of nitrogens with zero attached hydrogens (tertiary/aromatic N) is 1. The standard InChI is InChI=1S/C19H20N2O4S/c1-19(2,3)25-18(22)20-15-9-10-17-14(13-15)11-12-21(17)26(23,24)16-7-5-4-6-8-16/h4-13H,1-3H3,(H,20,22). The van der Waals surface area contributed by atoms with Gasteiger partial charge in [0.1, 0.15) is 5.60 Å². The fourth-order valence-electron chi connectivity index (χ4n) is 2.53. The monoisotopic (exact) mass is 372 g/mol. The van der Waals surface area contributed by atoms with E-state index in [2.05, 4.69) is 5.32 Å². The second-order valence-corrected chi connectivity index (χ2v) is 8.65. The number of ether oxygens (including phenoxy) is 1. The quantitative estimate of drug-likeness (QED) is 0.746. The summed E-state index contributed by atoms with van der Waals surface area (Å²) in [7, 11) is -3.68. The molecule has 0 radical (unpaired) electrons. The highest BCUT2D eigenvalue weighted by Crippen LogP contribution is 2.25. The van der Waals surface area contributed by atoms with E-state index >= 15 is 0 Å². The van der Waals surface area contributed by atoms with E-state index in [-0.39, 0.29) is 4.90 Å². The summed E-state index contributed by atoms with van der Waals surface area (Å²) < 4.78 is 32.1. The molecule has 0 unspecified atom stereocenters. The molecule has 0 bridgehead atoms. The lowest BCUT2D eigenvalue weighted by atomic mass is 10.2. The number of carbonyl (C=O) groups excluding carboxylic acids is 1. The van der Waals surface area contributed by atoms with Gasteiger partial charge in [0.05, 0.1) is 10.4 Å². The second-order valence-electron chi connectivity index (χ2n) is 6.83. The van der Waals surface area contributed by atoms with Crippen LogP contribution in [0.15, 0.2) is 65.7 Å². The van der Waals surface area contributed by atoms with Gasteiger partial charge in [-0.05, 0) is 57.2 Å². The molecule has 0 saturated carbocycles. The number of fused-ring (bicyclic) bond motifs is 1. The molecular formula is C19H20N2O4S. The average molecular weight is 372 g/mol. The zero-order valence-corrected chi connectivity index (χ0v) is 15.6. The molecule has 0 fully saturated rings. The van der Waals surface area contributed by atoms with Gasteiger partial charge in [-0.25, -0.2) is 17.2 Å². The van der Waals surface area contributed by atoms with Crippen LogP contribution in [0.4, 0.5) is 10.5 Å². The molecule has 26 heavy (non-hydrogen) atoms. The van der Waals surface area contributed by atoms with Crippen LogP contribution in [0.3, 0.4) is 0 Å². The Morgan fingerprint density at radius 1 is 1.04 bits per heavy atom. The molecule has 3 rings (SSSR count). The van der Waals surface area contributed by atoms with Crippen LogP contribution < -0.4 is 5.32 Å². The first-order valence-corrected chi connectivity index (χ1v) is 9.52. The summed E-state index contributed by atoms with van der Waals surface area (Å²) in [4.78, 5) is 12.1. The second kappa shape index (κ2) is 6.49. The number of nitrogens with one attached hydrogen (secondary N) is 1. The minimum Gasteiger partial charge on any atom is -0.444 e. The van der Waals surface area contributed by atoms with Crippen LogP contribution in [0, 0.1) is 0 Å². The van der Waals surface area contributed by atoms with Crippen molar-refractivity contribution in [2.75, 3.05) is 5.32 Å². The Labute approximate surface area is 152 Å². The highest BCUT2D eigenvalue weighted by atomic mass is 32.2. The molecule has 136 valence electrons. The Morgan fingerprint density at radius 3 is 2.38 bits per heavy atom. The molecule has 0 spiro atoms. The first-order valence-electron chi connectivity index (χ1n) is 8.08. The van der Waals surface area contributed by atoms with E-state index in [1.54, 1.807) is 75.4 Å². The molecule has 1 N–H and O–H groups in total. The van der Waals surface area contributed by atoms with Crippen molar-refractivity contribution in [3.63, 3.8) is 0 Å². The molecule has 2 aromatic carbocycles. The Kier molecular flexibility index (Phi) is 4.50. The summed E-state index contributed by atoms with van der Waals surface area (Å²) >= 11 is 0. The number of benzene rings is 2. The lowest BCUT2D eigenvalue weighted by molar-refractivity contribution is 0.0636. The van der Waals surface area contributed by atoms with Crippen molar-refractivity contribution in [3.05, 3.63) is 60.8 Å². The number of hydrogen-bond acceptors (Lipinski definition) is 4. The topological polar surface area (TPSA) is 77.4 Å². The van der Waals surface area contributed by atoms with E-state index in [9.17, 15) is 13.2 Å². The van der Waals surface area contributed by atoms with Gasteiger partial charge in [-0.2, -0.15) is 0 Å². The van der Waals surface area contributed by atoms with Gasteiger partial charge < -0.3 is 4.74 Å². The van der Waals surface area contributed by atoms with E-state index in [0.717, 1.165) is 0 Å². The van der Waals surface area contributed by atoms with Crippen molar-refractivity contribution < 1.29 is 17.9 Å². The van der Waals surface area contributed by atoms with E-state index < -0.39 is 21.7 Å². The summed E-state index contributed by atoms with van der Waals surface area (Å²) in [5.41, 5.74) is 0.464. The van der Waals surface area contributed by atoms with Crippen molar-refractivity contribution in [2.45, 2.75) is 31.3 Å². The predicted molar refractivity (Wildman–Crippen MR) is 101 cm³/mol. The number of amides is 1. The fraction of sp³-hybridized carbons (Fsp3) is 0.211. The third-order valence-electron chi connectivity index (χ3n) is 3.60. The Bertz CT molecular complexity index is 1050. The SMILES string of the molecule is CC(C)(C)OC(=O)Nc1ccc2c(ccn2S(=O)(=O)c2ccccc2)c1. The maximum Gasteiger partial charge on any atom is 0.412 e. The van der Waals surface area contributed by atoms with Gasteiger partial charge in [-0.3, -0.25) is 5.32 Å². The van der Waals surface area contributed by atoms with Gasteiger partial charge in [0.25, 0.3) is 10.0 Å². The molecule has 3 aromatic rings. The van der Waals surface area contributed by atoms with E-state index in [1.807, 2.05) is 0 Å². The minimum absolute atomic E-state index is 0.216. The van der Waals surface area contributed by atoms with Crippen LogP contribution in [-0.4, -0.2) is 24.1 Å². The van der Waals surface area contributed by atoms with Crippen LogP contribution >= 0.6 is 0 Å². The van der Waals surface area contributed by atoms with Gasteiger partial charge in [-0.1, -0.05) is 18.2 Å². The molecule has 1 heterocycles. The van der Waals surface area contributed by atoms with Crippen molar-refractivity contribution >= 4 is 32.7 Å². The first kappa shape index (κ1) is 18.0. The van der Waals surface area contributed by atoms with Crippen LogP contribution in [0.5, 0.6) is 0 Å². The number of rotatable bonds is 3. The summed E-state index contributed by atoms with van der Waals surface area (Å²) in [6, 6.07) is 14.9. The summed E-state index contributed by atoms with van der Waals surface area (Å²) in [5.74, 6) is 0. The summed E-state index contributed by atoms with van der Waals surface area (Å²) in [6.07, 6.45) is 0.942. The van der Waals surface area contributed by atoms with Crippen molar-refractivity contribution in [3.8, 4) is 0 Å². The highest BCUT2D eigenvalue weighted by molar-refractivity contribution is 7.90. The van der Waals surface area contributed by atoms with Gasteiger partial charge >= 0.3 is 6.09 Å². The zero-order valence-electron chi connectivity index (χ0n) is 14.8. The molecule has 0 saturated heterocycles. The van der Waals surface area contributed by atoms with Crippen LogP contribution in [0.2, 0.25) is 0 Å². The van der Waals surface area contributed by atoms with Gasteiger partial charge in [0, 0.05) is 17.3 Å². The van der Waals surface area contributed by atoms with Crippen molar-refractivity contribution in [1.29, 1.82) is 0 Å². The number of anilines is 1. The lowest BCUT2D eigenvalue weighted by Crippen LogP contribution is -2.27. The van der Waals surface area contributed by atoms with E-state index in [0.29, 0.717) is 16.6 Å². The summed E-state index contributed by atoms with van der Waals surface area (Å²) in [5, 5.41) is 3.34. The Hall–Kier alpha value is -2.80. The molecule has 0 aliphatic heterocycles. The zero-order chi connectivity index (χ0) is 18.9. The third kappa shape index (κ3) is 3.72. The fourth-order valence-corrected chi connectivity index (χ4v) is 3.91. The normalized spacial score (nSPS) is 12.1. The number of hydrogen-bond donors (Lipinski definition) is 1. The Morgan fingerprint density at radius 2 is 1.73 bits per heavy atom. The maximum absolute atomic E-state index is 12.8. The van der Waals surface area contributed by atoms with E-state index in [1.165, 1.54) is 10.2 Å². The molecule has 7 heteroatoms. The number of carbonyl (C=O) groups is 1. The first-order chi connectivity index (χ1) is 12.2. The molecule has 0 atom stereocenters. The molecule has 1 aromatic heterocycles. The van der Waals surface area contributed by atoms with Crippen LogP contribution in [-0.2, 0) is 14.8 Å². The van der Waals surface area contributed by atoms with Crippen LogP contribution in [0.1, 0.15) is 20.8 Å². The smallest absolute Gasteiger partial charge is 0.412 e. The van der Waals surface area contributed by atoms with Gasteiger partial charge in [-0.15, -0.1) is 0 Å². The molecule has 0 aliphatic carbocycles.